The number of phenolic OH excluding ortho intramolecular Hbond substituents is 1. The van der Waals surface area contributed by atoms with Crippen molar-refractivity contribution in [1.29, 1.82) is 0 Å². The van der Waals surface area contributed by atoms with E-state index in [2.05, 4.69) is 15.0 Å². The van der Waals surface area contributed by atoms with Crippen LogP contribution in [0.1, 0.15) is 0 Å². The van der Waals surface area contributed by atoms with Gasteiger partial charge >= 0.3 is 0 Å². The molecule has 16 heavy (non-hydrogen) atoms. The van der Waals surface area contributed by atoms with Crippen molar-refractivity contribution in [3.05, 3.63) is 24.0 Å². The lowest BCUT2D eigenvalue weighted by atomic mass is 10.2. The molecule has 0 aliphatic rings. The first-order valence-corrected chi connectivity index (χ1v) is 4.33. The molecule has 2 rings (SSSR count). The highest BCUT2D eigenvalue weighted by molar-refractivity contribution is 5.65. The van der Waals surface area contributed by atoms with E-state index in [9.17, 15) is 9.50 Å². The fraction of sp³-hybridized carbons (Fsp3) is 0. The molecule has 1 aromatic heterocycles. The molecule has 2 aromatic rings. The normalized spacial score (nSPS) is 10.3. The molecule has 6 nitrogen and oxygen atoms in total. The Kier molecular flexibility index (Phi) is 2.28. The van der Waals surface area contributed by atoms with Crippen LogP contribution in [0.15, 0.2) is 18.2 Å². The minimum absolute atomic E-state index is 0.0967. The fourth-order valence-corrected chi connectivity index (χ4v) is 1.26. The molecule has 5 N–H and O–H groups in total. The van der Waals surface area contributed by atoms with Crippen molar-refractivity contribution in [2.75, 3.05) is 11.5 Å². The number of anilines is 2. The highest BCUT2D eigenvalue weighted by atomic mass is 19.1. The number of hydrogen-bond acceptors (Lipinski definition) is 6. The molecular weight excluding hydrogens is 213 g/mol. The maximum Gasteiger partial charge on any atom is 0.225 e. The number of hydrogen-bond donors (Lipinski definition) is 3. The molecule has 0 fully saturated rings. The lowest BCUT2D eigenvalue weighted by molar-refractivity contribution is 0.471. The van der Waals surface area contributed by atoms with Gasteiger partial charge in [-0.2, -0.15) is 15.0 Å². The van der Waals surface area contributed by atoms with Gasteiger partial charge in [0.2, 0.25) is 11.9 Å². The number of aromatic nitrogens is 3. The van der Waals surface area contributed by atoms with Gasteiger partial charge in [0.15, 0.2) is 5.82 Å². The molecular formula is C9H8FN5O. The van der Waals surface area contributed by atoms with Crippen molar-refractivity contribution in [1.82, 2.24) is 15.0 Å². The molecule has 1 heterocycles. The topological polar surface area (TPSA) is 111 Å². The molecule has 0 spiro atoms. The number of phenols is 1. The molecule has 0 bridgehead atoms. The number of rotatable bonds is 1. The molecule has 0 atom stereocenters. The minimum Gasteiger partial charge on any atom is -0.507 e. The second-order valence-corrected chi connectivity index (χ2v) is 3.01. The van der Waals surface area contributed by atoms with E-state index in [1.165, 1.54) is 18.2 Å². The second-order valence-electron chi connectivity index (χ2n) is 3.01. The Labute approximate surface area is 89.8 Å². The van der Waals surface area contributed by atoms with Crippen molar-refractivity contribution in [2.45, 2.75) is 0 Å². The maximum absolute atomic E-state index is 13.5. The lowest BCUT2D eigenvalue weighted by Gasteiger charge is -2.05. The molecule has 0 aliphatic heterocycles. The third kappa shape index (κ3) is 1.70. The first-order chi connectivity index (χ1) is 7.58. The van der Waals surface area contributed by atoms with Crippen molar-refractivity contribution >= 4 is 11.9 Å². The van der Waals surface area contributed by atoms with E-state index in [4.69, 9.17) is 11.5 Å². The van der Waals surface area contributed by atoms with Gasteiger partial charge in [-0.15, -0.1) is 0 Å². The van der Waals surface area contributed by atoms with E-state index in [1.807, 2.05) is 0 Å². The number of nitrogen functional groups attached to an aromatic ring is 2. The number of nitrogens with two attached hydrogens (primary N) is 2. The number of nitrogens with zero attached hydrogens (tertiary/aromatic N) is 3. The monoisotopic (exact) mass is 221 g/mol. The van der Waals surface area contributed by atoms with E-state index in [0.29, 0.717) is 0 Å². The van der Waals surface area contributed by atoms with E-state index in [1.54, 1.807) is 0 Å². The third-order valence-electron chi connectivity index (χ3n) is 1.89. The van der Waals surface area contributed by atoms with Gasteiger partial charge in [-0.1, -0.05) is 6.07 Å². The van der Waals surface area contributed by atoms with Crippen LogP contribution >= 0.6 is 0 Å². The number of aromatic hydroxyl groups is 1. The Bertz CT molecular complexity index is 505. The molecule has 0 radical (unpaired) electrons. The summed E-state index contributed by atoms with van der Waals surface area (Å²) in [4.78, 5) is 11.0. The SMILES string of the molecule is Nc1nc(N)nc(-c2c(O)cccc2F)n1. The van der Waals surface area contributed by atoms with E-state index < -0.39 is 5.82 Å². The summed E-state index contributed by atoms with van der Waals surface area (Å²) < 4.78 is 13.5. The fourth-order valence-electron chi connectivity index (χ4n) is 1.26. The van der Waals surface area contributed by atoms with Crippen LogP contribution in [0.5, 0.6) is 5.75 Å². The quantitative estimate of drug-likeness (QED) is 0.648. The zero-order chi connectivity index (χ0) is 11.7. The summed E-state index contributed by atoms with van der Waals surface area (Å²) in [5, 5.41) is 9.50. The van der Waals surface area contributed by atoms with Crippen molar-refractivity contribution < 1.29 is 9.50 Å². The van der Waals surface area contributed by atoms with Crippen LogP contribution in [0.25, 0.3) is 11.4 Å². The molecule has 0 aliphatic carbocycles. The van der Waals surface area contributed by atoms with E-state index in [-0.39, 0.29) is 29.0 Å². The third-order valence-corrected chi connectivity index (χ3v) is 1.89. The van der Waals surface area contributed by atoms with Gasteiger partial charge in [0, 0.05) is 0 Å². The van der Waals surface area contributed by atoms with Crippen LogP contribution in [0.3, 0.4) is 0 Å². The molecule has 0 saturated heterocycles. The Morgan fingerprint density at radius 3 is 2.25 bits per heavy atom. The maximum atomic E-state index is 13.5. The van der Waals surface area contributed by atoms with Crippen LogP contribution in [0.2, 0.25) is 0 Å². The summed E-state index contributed by atoms with van der Waals surface area (Å²) in [6, 6.07) is 3.85. The van der Waals surface area contributed by atoms with Crippen LogP contribution in [0, 0.1) is 5.82 Å². The molecule has 82 valence electrons. The van der Waals surface area contributed by atoms with E-state index in [0.717, 1.165) is 0 Å². The Morgan fingerprint density at radius 2 is 1.69 bits per heavy atom. The molecule has 0 amide bonds. The highest BCUT2D eigenvalue weighted by Gasteiger charge is 2.14. The molecule has 0 unspecified atom stereocenters. The zero-order valence-corrected chi connectivity index (χ0v) is 8.05. The van der Waals surface area contributed by atoms with Gasteiger partial charge in [0.1, 0.15) is 11.6 Å². The Morgan fingerprint density at radius 1 is 1.06 bits per heavy atom. The van der Waals surface area contributed by atoms with E-state index >= 15 is 0 Å². The summed E-state index contributed by atoms with van der Waals surface area (Å²) in [7, 11) is 0. The Hall–Kier alpha value is -2.44. The van der Waals surface area contributed by atoms with Crippen LogP contribution in [0.4, 0.5) is 16.3 Å². The molecule has 1 aromatic carbocycles. The summed E-state index contributed by atoms with van der Waals surface area (Å²) in [5.74, 6) is -1.31. The van der Waals surface area contributed by atoms with Crippen LogP contribution < -0.4 is 11.5 Å². The molecule has 7 heteroatoms. The first-order valence-electron chi connectivity index (χ1n) is 4.33. The second kappa shape index (κ2) is 3.61. The predicted molar refractivity (Wildman–Crippen MR) is 55.7 cm³/mol. The van der Waals surface area contributed by atoms with Gasteiger partial charge in [-0.05, 0) is 12.1 Å². The standard InChI is InChI=1S/C9H8FN5O/c10-4-2-1-3-5(16)6(4)7-13-8(11)15-9(12)14-7/h1-3,16H,(H4,11,12,13,14,15). The average molecular weight is 221 g/mol. The summed E-state index contributed by atoms with van der Waals surface area (Å²) in [6.45, 7) is 0. The largest absolute Gasteiger partial charge is 0.507 e. The minimum atomic E-state index is -0.662. The van der Waals surface area contributed by atoms with Gasteiger partial charge in [0.25, 0.3) is 0 Å². The average Bonchev–Trinajstić information content (AvgIpc) is 2.15. The van der Waals surface area contributed by atoms with Crippen molar-refractivity contribution in [3.8, 4) is 17.1 Å². The summed E-state index contributed by atoms with van der Waals surface area (Å²) in [5.41, 5.74) is 10.6. The first kappa shape index (κ1) is 10.1. The lowest BCUT2D eigenvalue weighted by Crippen LogP contribution is -2.05. The van der Waals surface area contributed by atoms with Crippen molar-refractivity contribution in [3.63, 3.8) is 0 Å². The van der Waals surface area contributed by atoms with Crippen LogP contribution in [-0.2, 0) is 0 Å². The summed E-state index contributed by atoms with van der Waals surface area (Å²) in [6.07, 6.45) is 0. The van der Waals surface area contributed by atoms with Crippen molar-refractivity contribution in [2.24, 2.45) is 0 Å². The van der Waals surface area contributed by atoms with Gasteiger partial charge in [-0.25, -0.2) is 4.39 Å². The number of halogens is 1. The van der Waals surface area contributed by atoms with Gasteiger partial charge in [0.05, 0.1) is 5.56 Å². The smallest absolute Gasteiger partial charge is 0.225 e. The van der Waals surface area contributed by atoms with Gasteiger partial charge < -0.3 is 16.6 Å². The zero-order valence-electron chi connectivity index (χ0n) is 8.05. The summed E-state index contributed by atoms with van der Waals surface area (Å²) >= 11 is 0. The molecule has 0 saturated carbocycles. The Balaban J connectivity index is 2.67. The number of benzene rings is 1. The van der Waals surface area contributed by atoms with Crippen LogP contribution in [-0.4, -0.2) is 20.1 Å². The highest BCUT2D eigenvalue weighted by Crippen LogP contribution is 2.29. The van der Waals surface area contributed by atoms with Gasteiger partial charge in [-0.3, -0.25) is 0 Å². The predicted octanol–water partition coefficient (Wildman–Crippen LogP) is 0.548.